The van der Waals surface area contributed by atoms with Crippen molar-refractivity contribution < 1.29 is 0 Å². The average Bonchev–Trinajstić information content (AvgIpc) is 3.46. The zero-order chi connectivity index (χ0) is 24.0. The first-order chi connectivity index (χ1) is 16.4. The number of nitrogens with two attached hydrogens (primary N) is 1. The standard InChI is InChI=1S/C27H28N6O/c1-15(2)17(13-28)12-22-24(18-8-4-6-10-20(18)31-22)25-23(14-29)33(27(34)32-25)26-16(3)30-21-11-7-5-9-19(21)26/h4-11,15,17,30-31H,12-13,28H2,1-3H3,(H,32,34). The molecule has 1 atom stereocenters. The number of nitriles is 1. The molecule has 0 aliphatic carbocycles. The van der Waals surface area contributed by atoms with Gasteiger partial charge >= 0.3 is 5.69 Å². The van der Waals surface area contributed by atoms with Gasteiger partial charge in [-0.25, -0.2) is 9.36 Å². The van der Waals surface area contributed by atoms with Crippen LogP contribution in [0.1, 0.15) is 30.9 Å². The second kappa shape index (κ2) is 8.40. The van der Waals surface area contributed by atoms with Gasteiger partial charge in [0.15, 0.2) is 5.69 Å². The molecule has 3 aromatic heterocycles. The predicted octanol–water partition coefficient (Wildman–Crippen LogP) is 4.75. The number of nitrogens with zero attached hydrogens (tertiary/aromatic N) is 2. The first-order valence-electron chi connectivity index (χ1n) is 11.6. The van der Waals surface area contributed by atoms with Crippen LogP contribution >= 0.6 is 0 Å². The van der Waals surface area contributed by atoms with Gasteiger partial charge in [0, 0.05) is 38.8 Å². The van der Waals surface area contributed by atoms with Gasteiger partial charge < -0.3 is 20.7 Å². The summed E-state index contributed by atoms with van der Waals surface area (Å²) in [6.07, 6.45) is 0.725. The first-order valence-corrected chi connectivity index (χ1v) is 11.6. The molecule has 0 aliphatic heterocycles. The first kappa shape index (κ1) is 21.8. The number of H-pyrrole nitrogens is 3. The SMILES string of the molecule is Cc1[nH]c2ccccc2c1-n1c(C#N)c(-c2c(CC(CN)C(C)C)[nH]c3ccccc23)[nH]c1=O. The molecule has 0 aliphatic rings. The van der Waals surface area contributed by atoms with Gasteiger partial charge in [0.2, 0.25) is 0 Å². The average molecular weight is 453 g/mol. The Morgan fingerprint density at radius 3 is 2.29 bits per heavy atom. The van der Waals surface area contributed by atoms with Gasteiger partial charge in [0.25, 0.3) is 0 Å². The molecular formula is C27H28N6O. The zero-order valence-electron chi connectivity index (χ0n) is 19.6. The van der Waals surface area contributed by atoms with Crippen LogP contribution in [0.5, 0.6) is 0 Å². The van der Waals surface area contributed by atoms with E-state index in [1.54, 1.807) is 0 Å². The van der Waals surface area contributed by atoms with Gasteiger partial charge in [-0.15, -0.1) is 0 Å². The van der Waals surface area contributed by atoms with Crippen LogP contribution in [0.2, 0.25) is 0 Å². The van der Waals surface area contributed by atoms with E-state index in [0.717, 1.165) is 45.2 Å². The van der Waals surface area contributed by atoms with E-state index < -0.39 is 0 Å². The van der Waals surface area contributed by atoms with Crippen LogP contribution in [0.25, 0.3) is 38.8 Å². The van der Waals surface area contributed by atoms with Gasteiger partial charge in [-0.05, 0) is 43.9 Å². The van der Waals surface area contributed by atoms with Crippen molar-refractivity contribution >= 4 is 21.8 Å². The molecule has 0 saturated carbocycles. The molecule has 0 fully saturated rings. The van der Waals surface area contributed by atoms with Crippen LogP contribution in [0, 0.1) is 30.1 Å². The highest BCUT2D eigenvalue weighted by Gasteiger charge is 2.26. The Kier molecular flexibility index (Phi) is 5.39. The fourth-order valence-corrected chi connectivity index (χ4v) is 4.98. The highest BCUT2D eigenvalue weighted by atomic mass is 16.1. The number of hydrogen-bond donors (Lipinski definition) is 4. The summed E-state index contributed by atoms with van der Waals surface area (Å²) in [7, 11) is 0. The molecule has 5 N–H and O–H groups in total. The van der Waals surface area contributed by atoms with E-state index >= 15 is 0 Å². The molecular weight excluding hydrogens is 424 g/mol. The molecule has 7 nitrogen and oxygen atoms in total. The highest BCUT2D eigenvalue weighted by Crippen LogP contribution is 2.36. The van der Waals surface area contributed by atoms with Crippen LogP contribution < -0.4 is 11.4 Å². The molecule has 3 heterocycles. The molecule has 0 saturated heterocycles. The number of rotatable bonds is 6. The van der Waals surface area contributed by atoms with E-state index in [2.05, 4.69) is 34.9 Å². The molecule has 5 rings (SSSR count). The molecule has 0 radical (unpaired) electrons. The topological polar surface area (TPSA) is 119 Å². The molecule has 0 amide bonds. The molecule has 5 aromatic rings. The van der Waals surface area contributed by atoms with Crippen LogP contribution in [0.3, 0.4) is 0 Å². The Hall–Kier alpha value is -4.02. The molecule has 2 aromatic carbocycles. The number of aryl methyl sites for hydroxylation is 1. The summed E-state index contributed by atoms with van der Waals surface area (Å²) in [5.41, 5.74) is 11.8. The second-order valence-corrected chi connectivity index (χ2v) is 9.21. The lowest BCUT2D eigenvalue weighted by atomic mass is 9.89. The lowest BCUT2D eigenvalue weighted by molar-refractivity contribution is 0.389. The maximum atomic E-state index is 13.4. The van der Waals surface area contributed by atoms with Crippen LogP contribution in [0.15, 0.2) is 53.3 Å². The summed E-state index contributed by atoms with van der Waals surface area (Å²) in [6.45, 7) is 6.81. The van der Waals surface area contributed by atoms with E-state index in [4.69, 9.17) is 5.73 Å². The summed E-state index contributed by atoms with van der Waals surface area (Å²) >= 11 is 0. The van der Waals surface area contributed by atoms with Gasteiger partial charge in [-0.3, -0.25) is 0 Å². The quantitative estimate of drug-likeness (QED) is 0.298. The largest absolute Gasteiger partial charge is 0.358 e. The maximum Gasteiger partial charge on any atom is 0.331 e. The lowest BCUT2D eigenvalue weighted by Gasteiger charge is -2.18. The second-order valence-electron chi connectivity index (χ2n) is 9.21. The molecule has 172 valence electrons. The monoisotopic (exact) mass is 452 g/mol. The third kappa shape index (κ3) is 3.35. The molecule has 0 spiro atoms. The van der Waals surface area contributed by atoms with Crippen LogP contribution in [-0.4, -0.2) is 26.1 Å². The van der Waals surface area contributed by atoms with E-state index in [1.807, 2.05) is 55.5 Å². The molecule has 0 bridgehead atoms. The third-order valence-corrected chi connectivity index (χ3v) is 6.83. The Labute approximate surface area is 197 Å². The minimum atomic E-state index is -0.338. The number of aromatic nitrogens is 4. The summed E-state index contributed by atoms with van der Waals surface area (Å²) in [4.78, 5) is 23.2. The van der Waals surface area contributed by atoms with Crippen molar-refractivity contribution in [3.63, 3.8) is 0 Å². The lowest BCUT2D eigenvalue weighted by Crippen LogP contribution is -2.22. The van der Waals surface area contributed by atoms with E-state index in [1.165, 1.54) is 4.57 Å². The Balaban J connectivity index is 1.79. The van der Waals surface area contributed by atoms with Crippen molar-refractivity contribution in [1.82, 2.24) is 19.5 Å². The number of aromatic amines is 3. The van der Waals surface area contributed by atoms with E-state index in [-0.39, 0.29) is 17.3 Å². The van der Waals surface area contributed by atoms with Crippen molar-refractivity contribution in [3.05, 3.63) is 76.1 Å². The van der Waals surface area contributed by atoms with Gasteiger partial charge in [0.1, 0.15) is 6.07 Å². The Morgan fingerprint density at radius 1 is 1.00 bits per heavy atom. The van der Waals surface area contributed by atoms with Gasteiger partial charge in [-0.2, -0.15) is 5.26 Å². The van der Waals surface area contributed by atoms with Crippen molar-refractivity contribution in [2.24, 2.45) is 17.6 Å². The van der Waals surface area contributed by atoms with Crippen molar-refractivity contribution in [3.8, 4) is 23.0 Å². The molecule has 1 unspecified atom stereocenters. The molecule has 7 heteroatoms. The Bertz CT molecular complexity index is 1600. The number of nitrogens with one attached hydrogen (secondary N) is 3. The zero-order valence-corrected chi connectivity index (χ0v) is 19.6. The fourth-order valence-electron chi connectivity index (χ4n) is 4.98. The number of benzene rings is 2. The number of hydrogen-bond acceptors (Lipinski definition) is 3. The summed E-state index contributed by atoms with van der Waals surface area (Å²) in [5.74, 6) is 0.666. The Morgan fingerprint density at radius 2 is 1.65 bits per heavy atom. The smallest absolute Gasteiger partial charge is 0.331 e. The van der Waals surface area contributed by atoms with Crippen molar-refractivity contribution in [1.29, 1.82) is 5.26 Å². The van der Waals surface area contributed by atoms with E-state index in [9.17, 15) is 10.1 Å². The summed E-state index contributed by atoms with van der Waals surface area (Å²) < 4.78 is 1.50. The van der Waals surface area contributed by atoms with Crippen LogP contribution in [-0.2, 0) is 6.42 Å². The molecule has 34 heavy (non-hydrogen) atoms. The maximum absolute atomic E-state index is 13.4. The fraction of sp³-hybridized carbons (Fsp3) is 0.259. The van der Waals surface area contributed by atoms with Crippen molar-refractivity contribution in [2.45, 2.75) is 27.2 Å². The van der Waals surface area contributed by atoms with Gasteiger partial charge in [0.05, 0.1) is 11.4 Å². The van der Waals surface area contributed by atoms with Gasteiger partial charge in [-0.1, -0.05) is 50.2 Å². The minimum absolute atomic E-state index is 0.266. The normalized spacial score (nSPS) is 12.6. The summed E-state index contributed by atoms with van der Waals surface area (Å²) in [5, 5.41) is 12.1. The predicted molar refractivity (Wildman–Crippen MR) is 136 cm³/mol. The van der Waals surface area contributed by atoms with Crippen molar-refractivity contribution in [2.75, 3.05) is 6.54 Å². The minimum Gasteiger partial charge on any atom is -0.358 e. The number of imidazole rings is 1. The third-order valence-electron chi connectivity index (χ3n) is 6.83. The highest BCUT2D eigenvalue weighted by molar-refractivity contribution is 5.98. The number of fused-ring (bicyclic) bond motifs is 2. The van der Waals surface area contributed by atoms with E-state index in [0.29, 0.717) is 23.8 Å². The number of para-hydroxylation sites is 2. The van der Waals surface area contributed by atoms with Crippen LogP contribution in [0.4, 0.5) is 0 Å². The summed E-state index contributed by atoms with van der Waals surface area (Å²) in [6, 6.07) is 18.1.